The standard InChI is InChI=1S/C14H22N2O3/c1-3-19-13-11(5-4-6-12(13)15)14(18)16-9-10(2)7-8-17/h4-6,10,17H,3,7-9,15H2,1-2H3,(H,16,18). The number of hydrogen-bond donors (Lipinski definition) is 3. The molecule has 19 heavy (non-hydrogen) atoms. The Morgan fingerprint density at radius 3 is 2.89 bits per heavy atom. The number of ether oxygens (including phenoxy) is 1. The van der Waals surface area contributed by atoms with Gasteiger partial charge in [0, 0.05) is 13.2 Å². The minimum absolute atomic E-state index is 0.125. The molecule has 0 saturated carbocycles. The van der Waals surface area contributed by atoms with Crippen LogP contribution in [-0.2, 0) is 0 Å². The van der Waals surface area contributed by atoms with Crippen LogP contribution in [0.25, 0.3) is 0 Å². The minimum Gasteiger partial charge on any atom is -0.491 e. The van der Waals surface area contributed by atoms with E-state index in [4.69, 9.17) is 15.6 Å². The lowest BCUT2D eigenvalue weighted by atomic mass is 10.1. The Morgan fingerprint density at radius 1 is 1.53 bits per heavy atom. The van der Waals surface area contributed by atoms with Crippen LogP contribution in [0.4, 0.5) is 5.69 Å². The summed E-state index contributed by atoms with van der Waals surface area (Å²) >= 11 is 0. The van der Waals surface area contributed by atoms with Crippen molar-refractivity contribution in [2.24, 2.45) is 5.92 Å². The number of carbonyl (C=O) groups excluding carboxylic acids is 1. The number of hydrogen-bond acceptors (Lipinski definition) is 4. The summed E-state index contributed by atoms with van der Waals surface area (Å²) in [6.45, 7) is 4.91. The second-order valence-electron chi connectivity index (χ2n) is 4.48. The Bertz CT molecular complexity index is 421. The van der Waals surface area contributed by atoms with E-state index in [2.05, 4.69) is 5.32 Å². The molecule has 0 aliphatic heterocycles. The first-order chi connectivity index (χ1) is 9.10. The van der Waals surface area contributed by atoms with E-state index in [1.165, 1.54) is 0 Å². The summed E-state index contributed by atoms with van der Waals surface area (Å²) in [6, 6.07) is 5.12. The molecule has 4 N–H and O–H groups in total. The monoisotopic (exact) mass is 266 g/mol. The van der Waals surface area contributed by atoms with Crippen molar-refractivity contribution in [2.75, 3.05) is 25.5 Å². The quantitative estimate of drug-likeness (QED) is 0.652. The Hall–Kier alpha value is -1.75. The maximum absolute atomic E-state index is 12.1. The Kier molecular flexibility index (Phi) is 6.15. The highest BCUT2D eigenvalue weighted by atomic mass is 16.5. The molecular formula is C14H22N2O3. The van der Waals surface area contributed by atoms with E-state index < -0.39 is 0 Å². The van der Waals surface area contributed by atoms with E-state index in [1.807, 2.05) is 13.8 Å². The van der Waals surface area contributed by atoms with Crippen molar-refractivity contribution in [1.82, 2.24) is 5.32 Å². The smallest absolute Gasteiger partial charge is 0.255 e. The molecule has 0 aliphatic carbocycles. The number of nitrogens with two attached hydrogens (primary N) is 1. The number of nitrogens with one attached hydrogen (secondary N) is 1. The SMILES string of the molecule is CCOc1c(N)cccc1C(=O)NCC(C)CCO. The van der Waals surface area contributed by atoms with E-state index >= 15 is 0 Å². The van der Waals surface area contributed by atoms with Crippen molar-refractivity contribution in [1.29, 1.82) is 0 Å². The fourth-order valence-electron chi connectivity index (χ4n) is 1.72. The van der Waals surface area contributed by atoms with E-state index in [0.717, 1.165) is 0 Å². The maximum Gasteiger partial charge on any atom is 0.255 e. The lowest BCUT2D eigenvalue weighted by Crippen LogP contribution is -2.29. The number of anilines is 1. The average molecular weight is 266 g/mol. The number of rotatable bonds is 7. The fraction of sp³-hybridized carbons (Fsp3) is 0.500. The molecule has 1 unspecified atom stereocenters. The maximum atomic E-state index is 12.1. The van der Waals surface area contributed by atoms with E-state index in [9.17, 15) is 4.79 Å². The summed E-state index contributed by atoms with van der Waals surface area (Å²) in [6.07, 6.45) is 0.662. The lowest BCUT2D eigenvalue weighted by Gasteiger charge is -2.14. The van der Waals surface area contributed by atoms with Crippen LogP contribution in [0.1, 0.15) is 30.6 Å². The highest BCUT2D eigenvalue weighted by Crippen LogP contribution is 2.26. The molecule has 0 aliphatic rings. The van der Waals surface area contributed by atoms with Crippen LogP contribution in [0.2, 0.25) is 0 Å². The van der Waals surface area contributed by atoms with Gasteiger partial charge >= 0.3 is 0 Å². The molecule has 0 saturated heterocycles. The summed E-state index contributed by atoms with van der Waals surface area (Å²) in [5.74, 6) is 0.448. The van der Waals surface area contributed by atoms with Gasteiger partial charge < -0.3 is 20.9 Å². The van der Waals surface area contributed by atoms with E-state index in [0.29, 0.717) is 36.6 Å². The van der Waals surface area contributed by atoms with Crippen molar-refractivity contribution in [3.63, 3.8) is 0 Å². The second-order valence-corrected chi connectivity index (χ2v) is 4.48. The topological polar surface area (TPSA) is 84.6 Å². The van der Waals surface area contributed by atoms with Gasteiger partial charge in [-0.2, -0.15) is 0 Å². The van der Waals surface area contributed by atoms with Crippen LogP contribution in [-0.4, -0.2) is 30.8 Å². The molecular weight excluding hydrogens is 244 g/mol. The summed E-state index contributed by atoms with van der Waals surface area (Å²) in [7, 11) is 0. The highest BCUT2D eigenvalue weighted by molar-refractivity contribution is 5.98. The first-order valence-electron chi connectivity index (χ1n) is 6.50. The fourth-order valence-corrected chi connectivity index (χ4v) is 1.72. The zero-order valence-electron chi connectivity index (χ0n) is 11.5. The number of aliphatic hydroxyl groups excluding tert-OH is 1. The van der Waals surface area contributed by atoms with Gasteiger partial charge in [-0.25, -0.2) is 0 Å². The largest absolute Gasteiger partial charge is 0.491 e. The Balaban J connectivity index is 2.73. The first-order valence-corrected chi connectivity index (χ1v) is 6.50. The molecule has 1 rings (SSSR count). The molecule has 5 nitrogen and oxygen atoms in total. The molecule has 1 atom stereocenters. The van der Waals surface area contributed by atoms with Gasteiger partial charge in [0.1, 0.15) is 0 Å². The molecule has 0 aromatic heterocycles. The zero-order chi connectivity index (χ0) is 14.3. The third kappa shape index (κ3) is 4.44. The van der Waals surface area contributed by atoms with Crippen LogP contribution in [0.5, 0.6) is 5.75 Å². The Morgan fingerprint density at radius 2 is 2.26 bits per heavy atom. The van der Waals surface area contributed by atoms with Gasteiger partial charge in [-0.3, -0.25) is 4.79 Å². The predicted octanol–water partition coefficient (Wildman–Crippen LogP) is 1.42. The molecule has 0 bridgehead atoms. The molecule has 0 heterocycles. The van der Waals surface area contributed by atoms with Crippen molar-refractivity contribution in [3.8, 4) is 5.75 Å². The van der Waals surface area contributed by atoms with Gasteiger partial charge in [0.25, 0.3) is 5.91 Å². The van der Waals surface area contributed by atoms with Crippen LogP contribution in [0, 0.1) is 5.92 Å². The van der Waals surface area contributed by atoms with Gasteiger partial charge in [-0.05, 0) is 31.4 Å². The van der Waals surface area contributed by atoms with Crippen molar-refractivity contribution >= 4 is 11.6 Å². The molecule has 0 spiro atoms. The third-order valence-corrected chi connectivity index (χ3v) is 2.81. The summed E-state index contributed by atoms with van der Waals surface area (Å²) in [5, 5.41) is 11.6. The van der Waals surface area contributed by atoms with Crippen molar-refractivity contribution in [3.05, 3.63) is 23.8 Å². The van der Waals surface area contributed by atoms with Gasteiger partial charge in [0.05, 0.1) is 17.9 Å². The number of aliphatic hydroxyl groups is 1. The zero-order valence-corrected chi connectivity index (χ0v) is 11.5. The third-order valence-electron chi connectivity index (χ3n) is 2.81. The second kappa shape index (κ2) is 7.63. The number of benzene rings is 1. The normalized spacial score (nSPS) is 11.9. The molecule has 106 valence electrons. The Labute approximate surface area is 113 Å². The number of carbonyl (C=O) groups is 1. The summed E-state index contributed by atoms with van der Waals surface area (Å²) in [4.78, 5) is 12.1. The van der Waals surface area contributed by atoms with E-state index in [1.54, 1.807) is 18.2 Å². The van der Waals surface area contributed by atoms with Crippen LogP contribution in [0.15, 0.2) is 18.2 Å². The summed E-state index contributed by atoms with van der Waals surface area (Å²) < 4.78 is 5.42. The highest BCUT2D eigenvalue weighted by Gasteiger charge is 2.15. The van der Waals surface area contributed by atoms with Crippen LogP contribution >= 0.6 is 0 Å². The predicted molar refractivity (Wildman–Crippen MR) is 75.2 cm³/mol. The van der Waals surface area contributed by atoms with E-state index in [-0.39, 0.29) is 18.4 Å². The van der Waals surface area contributed by atoms with Gasteiger partial charge in [-0.15, -0.1) is 0 Å². The minimum atomic E-state index is -0.208. The van der Waals surface area contributed by atoms with Gasteiger partial charge in [0.15, 0.2) is 5.75 Å². The lowest BCUT2D eigenvalue weighted by molar-refractivity contribution is 0.0941. The molecule has 0 fully saturated rings. The number of para-hydroxylation sites is 1. The average Bonchev–Trinajstić information content (AvgIpc) is 2.39. The number of amides is 1. The summed E-state index contributed by atoms with van der Waals surface area (Å²) in [5.41, 5.74) is 6.71. The van der Waals surface area contributed by atoms with Gasteiger partial charge in [-0.1, -0.05) is 13.0 Å². The van der Waals surface area contributed by atoms with Crippen LogP contribution < -0.4 is 15.8 Å². The van der Waals surface area contributed by atoms with Crippen LogP contribution in [0.3, 0.4) is 0 Å². The molecule has 5 heteroatoms. The molecule has 1 amide bonds. The first kappa shape index (κ1) is 15.3. The van der Waals surface area contributed by atoms with Gasteiger partial charge in [0.2, 0.25) is 0 Å². The molecule has 0 radical (unpaired) electrons. The molecule has 1 aromatic carbocycles. The van der Waals surface area contributed by atoms with Crippen molar-refractivity contribution < 1.29 is 14.6 Å². The number of nitrogen functional groups attached to an aromatic ring is 1. The molecule has 1 aromatic rings. The van der Waals surface area contributed by atoms with Crippen molar-refractivity contribution in [2.45, 2.75) is 20.3 Å².